The second-order valence-corrected chi connectivity index (χ2v) is 6.39. The molecule has 1 heterocycles. The summed E-state index contributed by atoms with van der Waals surface area (Å²) in [6.45, 7) is 6.61. The molecule has 2 aromatic rings. The summed E-state index contributed by atoms with van der Waals surface area (Å²) in [6.07, 6.45) is 1.92. The number of ether oxygens (including phenoxy) is 1. The summed E-state index contributed by atoms with van der Waals surface area (Å²) in [7, 11) is 0. The van der Waals surface area contributed by atoms with E-state index in [1.54, 1.807) is 0 Å². The lowest BCUT2D eigenvalue weighted by atomic mass is 10.0. The van der Waals surface area contributed by atoms with Crippen LogP contribution in [0.5, 0.6) is 5.75 Å². The molecule has 0 bridgehead atoms. The Bertz CT molecular complexity index is 752. The highest BCUT2D eigenvalue weighted by Gasteiger charge is 2.18. The minimum atomic E-state index is -0.277. The number of hydrogen-bond acceptors (Lipinski definition) is 3. The molecule has 0 aliphatic carbocycles. The first-order chi connectivity index (χ1) is 10.4. The molecule has 2 N–H and O–H groups in total. The van der Waals surface area contributed by atoms with Crippen molar-refractivity contribution in [2.45, 2.75) is 26.4 Å². The third kappa shape index (κ3) is 2.97. The van der Waals surface area contributed by atoms with Crippen LogP contribution < -0.4 is 15.6 Å². The number of carbonyl (C=O) groups excluding carboxylic acids is 1. The number of fused-ring (bicyclic) bond motifs is 1. The maximum atomic E-state index is 11.8. The van der Waals surface area contributed by atoms with Crippen molar-refractivity contribution < 1.29 is 9.53 Å². The maximum absolute atomic E-state index is 11.8. The molecule has 0 atom stereocenters. The zero-order chi connectivity index (χ0) is 15.7. The van der Waals surface area contributed by atoms with Crippen LogP contribution in [-0.2, 0) is 4.79 Å². The van der Waals surface area contributed by atoms with E-state index in [0.717, 1.165) is 27.7 Å². The van der Waals surface area contributed by atoms with Crippen LogP contribution in [0.3, 0.4) is 0 Å². The average molecular weight is 296 g/mol. The molecular weight excluding hydrogens is 276 g/mol. The molecule has 0 unspecified atom stereocenters. The van der Waals surface area contributed by atoms with E-state index < -0.39 is 0 Å². The lowest BCUT2D eigenvalue weighted by Crippen LogP contribution is -2.25. The van der Waals surface area contributed by atoms with Crippen molar-refractivity contribution >= 4 is 22.8 Å². The van der Waals surface area contributed by atoms with Crippen LogP contribution in [0.15, 0.2) is 42.0 Å². The molecule has 4 nitrogen and oxygen atoms in total. The van der Waals surface area contributed by atoms with Gasteiger partial charge < -0.3 is 4.74 Å². The minimum absolute atomic E-state index is 0.0776. The molecule has 3 rings (SSSR count). The third-order valence-electron chi connectivity index (χ3n) is 3.42. The fourth-order valence-corrected chi connectivity index (χ4v) is 2.55. The molecule has 4 heteroatoms. The van der Waals surface area contributed by atoms with Crippen LogP contribution in [-0.4, -0.2) is 18.1 Å². The molecule has 0 spiro atoms. The maximum Gasteiger partial charge on any atom is 0.262 e. The molecular formula is C18H20N2O2. The molecule has 1 amide bonds. The Labute approximate surface area is 130 Å². The van der Waals surface area contributed by atoms with E-state index in [1.165, 1.54) is 0 Å². The predicted molar refractivity (Wildman–Crippen MR) is 88.5 cm³/mol. The zero-order valence-corrected chi connectivity index (χ0v) is 13.1. The number of benzene rings is 2. The Morgan fingerprint density at radius 3 is 2.50 bits per heavy atom. The van der Waals surface area contributed by atoms with Crippen molar-refractivity contribution in [2.75, 3.05) is 6.54 Å². The van der Waals surface area contributed by atoms with Crippen LogP contribution in [0.4, 0.5) is 0 Å². The highest BCUT2D eigenvalue weighted by Crippen LogP contribution is 2.32. The fourth-order valence-electron chi connectivity index (χ4n) is 2.55. The highest BCUT2D eigenvalue weighted by atomic mass is 16.5. The monoisotopic (exact) mass is 296 g/mol. The van der Waals surface area contributed by atoms with Gasteiger partial charge in [0, 0.05) is 17.5 Å². The van der Waals surface area contributed by atoms with Gasteiger partial charge in [-0.25, -0.2) is 5.43 Å². The lowest BCUT2D eigenvalue weighted by Gasteiger charge is -2.23. The number of carbonyl (C=O) groups is 1. The van der Waals surface area contributed by atoms with Gasteiger partial charge in [0.05, 0.1) is 0 Å². The summed E-state index contributed by atoms with van der Waals surface area (Å²) in [5.74, 6) is 0.759. The molecule has 114 valence electrons. The topological polar surface area (TPSA) is 50.4 Å². The Morgan fingerprint density at radius 1 is 1.14 bits per heavy atom. The Hall–Kier alpha value is -2.33. The van der Waals surface area contributed by atoms with Crippen LogP contribution in [0.25, 0.3) is 16.8 Å². The van der Waals surface area contributed by atoms with E-state index in [9.17, 15) is 4.79 Å². The molecule has 1 aliphatic rings. The number of nitrogens with one attached hydrogen (secondary N) is 2. The van der Waals surface area contributed by atoms with E-state index in [0.29, 0.717) is 6.54 Å². The second kappa shape index (κ2) is 5.46. The van der Waals surface area contributed by atoms with Gasteiger partial charge in [-0.3, -0.25) is 10.2 Å². The third-order valence-corrected chi connectivity index (χ3v) is 3.42. The second-order valence-electron chi connectivity index (χ2n) is 6.39. The van der Waals surface area contributed by atoms with Gasteiger partial charge in [-0.05, 0) is 43.9 Å². The van der Waals surface area contributed by atoms with Gasteiger partial charge in [-0.15, -0.1) is 0 Å². The standard InChI is InChI=1S/C18H20N2O2/c1-18(2,3)22-15-9-5-7-12-6-4-8-13(16(12)15)10-14-11-19-20-17(14)21/h4-10,19H,11H2,1-3H3,(H,20,21)/b14-10+. The predicted octanol–water partition coefficient (Wildman–Crippen LogP) is 3.03. The Balaban J connectivity index is 2.16. The first-order valence-electron chi connectivity index (χ1n) is 7.38. The van der Waals surface area contributed by atoms with E-state index in [1.807, 2.05) is 51.1 Å². The summed E-state index contributed by atoms with van der Waals surface area (Å²) in [4.78, 5) is 11.8. The molecule has 22 heavy (non-hydrogen) atoms. The first-order valence-corrected chi connectivity index (χ1v) is 7.38. The van der Waals surface area contributed by atoms with Crippen molar-refractivity contribution in [3.63, 3.8) is 0 Å². The van der Waals surface area contributed by atoms with Gasteiger partial charge >= 0.3 is 0 Å². The smallest absolute Gasteiger partial charge is 0.262 e. The number of rotatable bonds is 2. The van der Waals surface area contributed by atoms with E-state index in [-0.39, 0.29) is 11.5 Å². The SMILES string of the molecule is CC(C)(C)Oc1cccc2cccc(/C=C3\CNNC3=O)c12. The first kappa shape index (κ1) is 14.6. The summed E-state index contributed by atoms with van der Waals surface area (Å²) in [6, 6.07) is 12.1. The molecule has 1 fully saturated rings. The van der Waals surface area contributed by atoms with Gasteiger partial charge in [0.2, 0.25) is 0 Å². The molecule has 0 radical (unpaired) electrons. The Morgan fingerprint density at radius 2 is 1.86 bits per heavy atom. The molecule has 1 saturated heterocycles. The summed E-state index contributed by atoms with van der Waals surface area (Å²) in [5.41, 5.74) is 6.88. The van der Waals surface area contributed by atoms with Gasteiger partial charge in [0.25, 0.3) is 5.91 Å². The van der Waals surface area contributed by atoms with Crippen molar-refractivity contribution in [3.05, 3.63) is 47.5 Å². The van der Waals surface area contributed by atoms with Crippen molar-refractivity contribution in [2.24, 2.45) is 0 Å². The van der Waals surface area contributed by atoms with Crippen LogP contribution in [0, 0.1) is 0 Å². The van der Waals surface area contributed by atoms with Gasteiger partial charge in [-0.1, -0.05) is 30.3 Å². The van der Waals surface area contributed by atoms with E-state index in [4.69, 9.17) is 4.74 Å². The quantitative estimate of drug-likeness (QED) is 0.838. The Kier molecular flexibility index (Phi) is 3.62. The van der Waals surface area contributed by atoms with Crippen LogP contribution >= 0.6 is 0 Å². The fraction of sp³-hybridized carbons (Fsp3) is 0.278. The zero-order valence-electron chi connectivity index (χ0n) is 13.1. The molecule has 2 aromatic carbocycles. The van der Waals surface area contributed by atoms with Crippen molar-refractivity contribution in [1.82, 2.24) is 10.9 Å². The summed E-state index contributed by atoms with van der Waals surface area (Å²) >= 11 is 0. The summed E-state index contributed by atoms with van der Waals surface area (Å²) in [5, 5.41) is 2.13. The van der Waals surface area contributed by atoms with Crippen LogP contribution in [0.2, 0.25) is 0 Å². The number of hydrazine groups is 1. The lowest BCUT2D eigenvalue weighted by molar-refractivity contribution is -0.116. The van der Waals surface area contributed by atoms with Gasteiger partial charge in [-0.2, -0.15) is 0 Å². The molecule has 0 aromatic heterocycles. The largest absolute Gasteiger partial charge is 0.487 e. The van der Waals surface area contributed by atoms with Crippen molar-refractivity contribution in [1.29, 1.82) is 0 Å². The van der Waals surface area contributed by atoms with Gasteiger partial charge in [0.1, 0.15) is 11.4 Å². The van der Waals surface area contributed by atoms with E-state index in [2.05, 4.69) is 23.0 Å². The van der Waals surface area contributed by atoms with Crippen molar-refractivity contribution in [3.8, 4) is 5.75 Å². The number of amides is 1. The molecule has 0 saturated carbocycles. The minimum Gasteiger partial charge on any atom is -0.487 e. The normalized spacial score (nSPS) is 17.0. The van der Waals surface area contributed by atoms with Gasteiger partial charge in [0.15, 0.2) is 0 Å². The summed E-state index contributed by atoms with van der Waals surface area (Å²) < 4.78 is 6.10. The molecule has 1 aliphatic heterocycles. The number of hydrogen-bond donors (Lipinski definition) is 2. The average Bonchev–Trinajstić information content (AvgIpc) is 2.83. The highest BCUT2D eigenvalue weighted by molar-refractivity contribution is 6.03. The van der Waals surface area contributed by atoms with E-state index >= 15 is 0 Å². The van der Waals surface area contributed by atoms with Crippen LogP contribution in [0.1, 0.15) is 26.3 Å².